The van der Waals surface area contributed by atoms with E-state index in [9.17, 15) is 0 Å². The lowest BCUT2D eigenvalue weighted by Gasteiger charge is -2.16. The molecule has 1 aromatic rings. The summed E-state index contributed by atoms with van der Waals surface area (Å²) in [6.07, 6.45) is 3.08. The summed E-state index contributed by atoms with van der Waals surface area (Å²) in [6.45, 7) is 9.16. The third-order valence-corrected chi connectivity index (χ3v) is 2.12. The second kappa shape index (κ2) is 4.96. The van der Waals surface area contributed by atoms with Gasteiger partial charge in [0.2, 0.25) is 0 Å². The van der Waals surface area contributed by atoms with Crippen LogP contribution < -0.4 is 5.32 Å². The predicted octanol–water partition coefficient (Wildman–Crippen LogP) is 2.04. The normalized spacial score (nSPS) is 12.8. The Morgan fingerprint density at radius 1 is 1.71 bits per heavy atom. The fourth-order valence-electron chi connectivity index (χ4n) is 1.41. The van der Waals surface area contributed by atoms with Crippen LogP contribution in [0.15, 0.2) is 24.4 Å². The minimum atomic E-state index is 0.191. The molecule has 0 bridgehead atoms. The van der Waals surface area contributed by atoms with Crippen LogP contribution in [0.4, 0.5) is 0 Å². The van der Waals surface area contributed by atoms with E-state index in [0.29, 0.717) is 0 Å². The lowest BCUT2D eigenvalue weighted by Crippen LogP contribution is -2.23. The van der Waals surface area contributed by atoms with Gasteiger partial charge >= 0.3 is 0 Å². The number of rotatable bonds is 5. The Kier molecular flexibility index (Phi) is 3.89. The maximum atomic E-state index is 4.38. The number of aryl methyl sites for hydroxylation is 1. The molecule has 1 rings (SSSR count). The highest BCUT2D eigenvalue weighted by atomic mass is 15.3. The van der Waals surface area contributed by atoms with E-state index in [1.165, 1.54) is 0 Å². The number of hydrogen-bond donors (Lipinski definition) is 1. The first-order valence-electron chi connectivity index (χ1n) is 5.03. The van der Waals surface area contributed by atoms with Crippen molar-refractivity contribution in [2.75, 3.05) is 6.54 Å². The Morgan fingerprint density at radius 2 is 2.43 bits per heavy atom. The molecule has 1 atom stereocenters. The van der Waals surface area contributed by atoms with E-state index in [1.54, 1.807) is 0 Å². The minimum absolute atomic E-state index is 0.191. The summed E-state index contributed by atoms with van der Waals surface area (Å²) in [4.78, 5) is 0. The van der Waals surface area contributed by atoms with Crippen LogP contribution in [0, 0.1) is 0 Å². The van der Waals surface area contributed by atoms with E-state index >= 15 is 0 Å². The van der Waals surface area contributed by atoms with Crippen LogP contribution in [0.25, 0.3) is 0 Å². The van der Waals surface area contributed by atoms with Gasteiger partial charge in [0.25, 0.3) is 0 Å². The van der Waals surface area contributed by atoms with Crippen LogP contribution in [0.5, 0.6) is 0 Å². The van der Waals surface area contributed by atoms with Crippen molar-refractivity contribution in [1.29, 1.82) is 0 Å². The van der Waals surface area contributed by atoms with Crippen LogP contribution in [0.2, 0.25) is 0 Å². The summed E-state index contributed by atoms with van der Waals surface area (Å²) in [5.74, 6) is 0. The molecule has 3 nitrogen and oxygen atoms in total. The fourth-order valence-corrected chi connectivity index (χ4v) is 1.41. The summed E-state index contributed by atoms with van der Waals surface area (Å²) in [5, 5.41) is 7.80. The second-order valence-electron chi connectivity index (χ2n) is 3.65. The molecule has 0 saturated heterocycles. The molecule has 0 spiro atoms. The number of nitrogens with one attached hydrogen (secondary N) is 1. The standard InChI is InChI=1S/C11H19N3/c1-5-7-12-11(9(2)3)10-6-8-14(4)13-10/h6,8,11-12H,2,5,7H2,1,3-4H3. The van der Waals surface area contributed by atoms with Crippen LogP contribution >= 0.6 is 0 Å². The van der Waals surface area contributed by atoms with Crippen molar-refractivity contribution in [3.8, 4) is 0 Å². The van der Waals surface area contributed by atoms with Crippen molar-refractivity contribution < 1.29 is 0 Å². The minimum Gasteiger partial charge on any atom is -0.305 e. The summed E-state index contributed by atoms with van der Waals surface area (Å²) in [7, 11) is 1.93. The third-order valence-electron chi connectivity index (χ3n) is 2.12. The van der Waals surface area contributed by atoms with Crippen molar-refractivity contribution in [3.05, 3.63) is 30.1 Å². The highest BCUT2D eigenvalue weighted by molar-refractivity contribution is 5.17. The van der Waals surface area contributed by atoms with Crippen molar-refractivity contribution >= 4 is 0 Å². The Bertz CT molecular complexity index is 301. The second-order valence-corrected chi connectivity index (χ2v) is 3.65. The molecule has 0 aromatic carbocycles. The Hall–Kier alpha value is -1.09. The first-order valence-corrected chi connectivity index (χ1v) is 5.03. The molecular weight excluding hydrogens is 174 g/mol. The van der Waals surface area contributed by atoms with Gasteiger partial charge in [-0.2, -0.15) is 5.10 Å². The quantitative estimate of drug-likeness (QED) is 0.725. The van der Waals surface area contributed by atoms with E-state index in [2.05, 4.69) is 23.9 Å². The zero-order chi connectivity index (χ0) is 10.6. The summed E-state index contributed by atoms with van der Waals surface area (Å²) >= 11 is 0. The highest BCUT2D eigenvalue weighted by Gasteiger charge is 2.13. The molecule has 0 amide bonds. The topological polar surface area (TPSA) is 29.9 Å². The van der Waals surface area contributed by atoms with Crippen LogP contribution in [-0.2, 0) is 7.05 Å². The first-order chi connectivity index (χ1) is 6.65. The predicted molar refractivity (Wildman–Crippen MR) is 59.1 cm³/mol. The van der Waals surface area contributed by atoms with Gasteiger partial charge in [-0.3, -0.25) is 4.68 Å². The average molecular weight is 193 g/mol. The molecular formula is C11H19N3. The number of hydrogen-bond acceptors (Lipinski definition) is 2. The Balaban J connectivity index is 2.72. The smallest absolute Gasteiger partial charge is 0.0835 e. The van der Waals surface area contributed by atoms with E-state index in [1.807, 2.05) is 30.9 Å². The van der Waals surface area contributed by atoms with Gasteiger partial charge in [-0.1, -0.05) is 19.1 Å². The molecule has 1 unspecified atom stereocenters. The van der Waals surface area contributed by atoms with Gasteiger partial charge in [0.1, 0.15) is 0 Å². The Labute approximate surface area is 85.8 Å². The van der Waals surface area contributed by atoms with Gasteiger partial charge in [0, 0.05) is 13.2 Å². The van der Waals surface area contributed by atoms with Crippen molar-refractivity contribution in [3.63, 3.8) is 0 Å². The molecule has 78 valence electrons. The monoisotopic (exact) mass is 193 g/mol. The molecule has 0 aliphatic carbocycles. The van der Waals surface area contributed by atoms with Crippen LogP contribution in [-0.4, -0.2) is 16.3 Å². The van der Waals surface area contributed by atoms with E-state index in [-0.39, 0.29) is 6.04 Å². The molecule has 0 fully saturated rings. The van der Waals surface area contributed by atoms with Gasteiger partial charge in [-0.15, -0.1) is 0 Å². The lowest BCUT2D eigenvalue weighted by molar-refractivity contribution is 0.568. The maximum absolute atomic E-state index is 4.38. The zero-order valence-electron chi connectivity index (χ0n) is 9.25. The SMILES string of the molecule is C=C(C)C(NCCC)c1ccn(C)n1. The molecule has 0 saturated carbocycles. The van der Waals surface area contributed by atoms with Gasteiger partial charge in [-0.05, 0) is 26.0 Å². The summed E-state index contributed by atoms with van der Waals surface area (Å²) < 4.78 is 1.82. The first kappa shape index (κ1) is 11.0. The lowest BCUT2D eigenvalue weighted by atomic mass is 10.1. The summed E-state index contributed by atoms with van der Waals surface area (Å²) in [5.41, 5.74) is 2.16. The molecule has 1 N–H and O–H groups in total. The molecule has 1 aromatic heterocycles. The molecule has 0 aliphatic rings. The van der Waals surface area contributed by atoms with E-state index in [0.717, 1.165) is 24.2 Å². The van der Waals surface area contributed by atoms with E-state index < -0.39 is 0 Å². The molecule has 1 heterocycles. The van der Waals surface area contributed by atoms with Crippen LogP contribution in [0.1, 0.15) is 32.0 Å². The largest absolute Gasteiger partial charge is 0.305 e. The van der Waals surface area contributed by atoms with E-state index in [4.69, 9.17) is 0 Å². The maximum Gasteiger partial charge on any atom is 0.0835 e. The van der Waals surface area contributed by atoms with Gasteiger partial charge in [-0.25, -0.2) is 0 Å². The van der Waals surface area contributed by atoms with Crippen molar-refractivity contribution in [2.24, 2.45) is 7.05 Å². The van der Waals surface area contributed by atoms with Crippen molar-refractivity contribution in [1.82, 2.24) is 15.1 Å². The van der Waals surface area contributed by atoms with Gasteiger partial charge < -0.3 is 5.32 Å². The van der Waals surface area contributed by atoms with Gasteiger partial charge in [0.15, 0.2) is 0 Å². The van der Waals surface area contributed by atoms with Crippen molar-refractivity contribution in [2.45, 2.75) is 26.3 Å². The average Bonchev–Trinajstić information content (AvgIpc) is 2.52. The molecule has 3 heteroatoms. The van der Waals surface area contributed by atoms with Gasteiger partial charge in [0.05, 0.1) is 11.7 Å². The van der Waals surface area contributed by atoms with Crippen LogP contribution in [0.3, 0.4) is 0 Å². The highest BCUT2D eigenvalue weighted by Crippen LogP contribution is 2.17. The molecule has 14 heavy (non-hydrogen) atoms. The fraction of sp³-hybridized carbons (Fsp3) is 0.545. The molecule has 0 radical (unpaired) electrons. The summed E-state index contributed by atoms with van der Waals surface area (Å²) in [6, 6.07) is 2.22. The third kappa shape index (κ3) is 2.70. The number of aromatic nitrogens is 2. The molecule has 0 aliphatic heterocycles. The number of nitrogens with zero attached hydrogens (tertiary/aromatic N) is 2. The zero-order valence-corrected chi connectivity index (χ0v) is 9.25. The Morgan fingerprint density at radius 3 is 2.86 bits per heavy atom.